The van der Waals surface area contributed by atoms with Crippen LogP contribution in [0, 0.1) is 11.8 Å². The van der Waals surface area contributed by atoms with Gasteiger partial charge in [-0.15, -0.1) is 0 Å². The van der Waals surface area contributed by atoms with Gasteiger partial charge in [-0.1, -0.05) is 98.1 Å². The fourth-order valence-corrected chi connectivity index (χ4v) is 8.45. The van der Waals surface area contributed by atoms with Crippen molar-refractivity contribution in [3.05, 3.63) is 129 Å². The second kappa shape index (κ2) is 20.7. The molecule has 0 heterocycles. The molecule has 4 amide bonds. The third-order valence-electron chi connectivity index (χ3n) is 11.5. The maximum absolute atomic E-state index is 15.1. The third-order valence-corrected chi connectivity index (χ3v) is 12.1. The molecule has 0 aromatic heterocycles. The minimum absolute atomic E-state index is 0.0617. The molecule has 0 radical (unpaired) electrons. The summed E-state index contributed by atoms with van der Waals surface area (Å²) < 4.78 is 11.4. The molecule has 2 fully saturated rings. The Morgan fingerprint density at radius 1 is 0.484 bits per heavy atom. The lowest BCUT2D eigenvalue weighted by atomic mass is 9.87. The number of nitrogens with one attached hydrogen (secondary N) is 6. The topological polar surface area (TPSA) is 193 Å². The monoisotopic (exact) mass is 906 g/mol. The number of carbonyl (C=O) groups is 6. The van der Waals surface area contributed by atoms with Gasteiger partial charge in [-0.3, -0.25) is 28.8 Å². The quantitative estimate of drug-likeness (QED) is 0.0666. The SMILES string of the molecule is COc1cc(NC(=O)c2ccccc2)c(Cl)cc1NC1=C(NC(=O)C2CCCCC2)C(=O)C(Nc2cc(Cl)c(NC(=O)c3ccccc3)cc2OC)=C(NC(=O)C2CCCCC2)C1=O. The number of carbonyl (C=O) groups excluding carboxylic acids is 6. The van der Waals surface area contributed by atoms with Gasteiger partial charge in [0.1, 0.15) is 34.3 Å². The molecule has 2 saturated carbocycles. The molecular formula is C48H48Cl2N6O8. The summed E-state index contributed by atoms with van der Waals surface area (Å²) in [7, 11) is 2.75. The van der Waals surface area contributed by atoms with Crippen LogP contribution in [-0.4, -0.2) is 49.4 Å². The molecule has 3 aliphatic carbocycles. The molecule has 0 spiro atoms. The number of rotatable bonds is 14. The number of hydrogen-bond acceptors (Lipinski definition) is 10. The summed E-state index contributed by atoms with van der Waals surface area (Å²) in [6.45, 7) is 0. The molecule has 0 atom stereocenters. The van der Waals surface area contributed by atoms with Gasteiger partial charge < -0.3 is 41.4 Å². The molecule has 0 aliphatic heterocycles. The van der Waals surface area contributed by atoms with Crippen molar-refractivity contribution >= 4 is 81.1 Å². The molecule has 7 rings (SSSR count). The maximum Gasteiger partial charge on any atom is 0.255 e. The first-order valence-corrected chi connectivity index (χ1v) is 21.9. The summed E-state index contributed by atoms with van der Waals surface area (Å²) in [6, 6.07) is 22.8. The van der Waals surface area contributed by atoms with Crippen LogP contribution in [0.1, 0.15) is 84.9 Å². The number of benzene rings is 4. The van der Waals surface area contributed by atoms with Crippen LogP contribution in [0.3, 0.4) is 0 Å². The number of hydrogen-bond donors (Lipinski definition) is 6. The Morgan fingerprint density at radius 2 is 0.844 bits per heavy atom. The number of methoxy groups -OCH3 is 2. The van der Waals surface area contributed by atoms with E-state index >= 15 is 9.59 Å². The van der Waals surface area contributed by atoms with E-state index in [2.05, 4.69) is 31.9 Å². The molecule has 332 valence electrons. The molecule has 64 heavy (non-hydrogen) atoms. The van der Waals surface area contributed by atoms with E-state index in [0.29, 0.717) is 36.8 Å². The van der Waals surface area contributed by atoms with Gasteiger partial charge in [-0.25, -0.2) is 0 Å². The van der Waals surface area contributed by atoms with Crippen LogP contribution in [0.5, 0.6) is 11.5 Å². The summed E-state index contributed by atoms with van der Waals surface area (Å²) in [5.41, 5.74) is -0.105. The summed E-state index contributed by atoms with van der Waals surface area (Å²) in [5.74, 6) is -4.05. The third kappa shape index (κ3) is 10.4. The van der Waals surface area contributed by atoms with E-state index in [1.54, 1.807) is 60.7 Å². The Kier molecular flexibility index (Phi) is 14.7. The minimum Gasteiger partial charge on any atom is -0.494 e. The van der Waals surface area contributed by atoms with Crippen molar-refractivity contribution in [1.29, 1.82) is 0 Å². The first-order chi connectivity index (χ1) is 30.9. The van der Waals surface area contributed by atoms with Crippen molar-refractivity contribution in [1.82, 2.24) is 10.6 Å². The Bertz CT molecular complexity index is 2360. The lowest BCUT2D eigenvalue weighted by Gasteiger charge is -2.29. The first kappa shape index (κ1) is 45.4. The molecule has 0 unspecified atom stereocenters. The highest BCUT2D eigenvalue weighted by Crippen LogP contribution is 2.40. The van der Waals surface area contributed by atoms with Crippen LogP contribution in [0.4, 0.5) is 22.7 Å². The largest absolute Gasteiger partial charge is 0.494 e. The van der Waals surface area contributed by atoms with Gasteiger partial charge in [0.15, 0.2) is 0 Å². The van der Waals surface area contributed by atoms with E-state index in [1.165, 1.54) is 38.5 Å². The molecule has 16 heteroatoms. The second-order valence-electron chi connectivity index (χ2n) is 15.8. The van der Waals surface area contributed by atoms with Gasteiger partial charge in [0.05, 0.1) is 47.0 Å². The number of Topliss-reactive ketones (excluding diaryl/α,β-unsaturated/α-hetero) is 2. The van der Waals surface area contributed by atoms with Gasteiger partial charge >= 0.3 is 0 Å². The van der Waals surface area contributed by atoms with E-state index < -0.39 is 58.4 Å². The Hall–Kier alpha value is -6.64. The van der Waals surface area contributed by atoms with Gasteiger partial charge in [-0.2, -0.15) is 0 Å². The van der Waals surface area contributed by atoms with Crippen LogP contribution in [0.15, 0.2) is 108 Å². The molecule has 4 aromatic rings. The second-order valence-corrected chi connectivity index (χ2v) is 16.6. The normalized spacial score (nSPS) is 15.9. The molecule has 14 nitrogen and oxygen atoms in total. The fourth-order valence-electron chi connectivity index (χ4n) is 8.03. The van der Waals surface area contributed by atoms with Gasteiger partial charge in [0.2, 0.25) is 23.4 Å². The van der Waals surface area contributed by atoms with E-state index in [-0.39, 0.29) is 55.7 Å². The summed E-state index contributed by atoms with van der Waals surface area (Å²) in [6.07, 6.45) is 7.61. The molecule has 4 aromatic carbocycles. The van der Waals surface area contributed by atoms with Gasteiger partial charge in [0, 0.05) is 35.1 Å². The number of amides is 4. The Labute approximate surface area is 380 Å². The Balaban J connectivity index is 1.29. The van der Waals surface area contributed by atoms with E-state index in [1.807, 2.05) is 0 Å². The van der Waals surface area contributed by atoms with Crippen LogP contribution in [-0.2, 0) is 19.2 Å². The predicted molar refractivity (Wildman–Crippen MR) is 246 cm³/mol. The maximum atomic E-state index is 15.1. The standard InChI is InChI=1S/C48H48Cl2N6O8/c1-63-37-25-33(53-45(59)27-15-7-3-8-16-27)31(49)23-35(37)51-39-41(55-47(61)29-19-11-5-12-20-29)44(58)40(42(43(39)57)56-48(62)30-21-13-6-14-22-30)52-36-24-32(50)34(26-38(36)64-2)54-46(60)28-17-9-4-10-18-28/h3-4,7-10,15-18,23-26,29-30,51-52H,5-6,11-14,19-22H2,1-2H3,(H,53,59)(H,54,60)(H,55,61)(H,56,62). The van der Waals surface area contributed by atoms with Crippen molar-refractivity contribution in [3.8, 4) is 11.5 Å². The predicted octanol–water partition coefficient (Wildman–Crippen LogP) is 9.01. The van der Waals surface area contributed by atoms with E-state index in [9.17, 15) is 19.2 Å². The molecule has 3 aliphatic rings. The van der Waals surface area contributed by atoms with Crippen molar-refractivity contribution in [2.75, 3.05) is 35.5 Å². The number of ether oxygens (including phenoxy) is 2. The smallest absolute Gasteiger partial charge is 0.255 e. The zero-order chi connectivity index (χ0) is 45.3. The van der Waals surface area contributed by atoms with Crippen molar-refractivity contribution < 1.29 is 38.2 Å². The van der Waals surface area contributed by atoms with Crippen molar-refractivity contribution in [3.63, 3.8) is 0 Å². The van der Waals surface area contributed by atoms with E-state index in [0.717, 1.165) is 38.5 Å². The van der Waals surface area contributed by atoms with Crippen LogP contribution in [0.25, 0.3) is 0 Å². The zero-order valence-corrected chi connectivity index (χ0v) is 36.8. The number of anilines is 4. The Morgan fingerprint density at radius 3 is 1.19 bits per heavy atom. The molecule has 0 saturated heterocycles. The first-order valence-electron chi connectivity index (χ1n) is 21.2. The minimum atomic E-state index is -0.846. The number of ketones is 2. The highest BCUT2D eigenvalue weighted by molar-refractivity contribution is 6.35. The van der Waals surface area contributed by atoms with Crippen LogP contribution < -0.4 is 41.4 Å². The summed E-state index contributed by atoms with van der Waals surface area (Å²) >= 11 is 13.5. The molecule has 6 N–H and O–H groups in total. The van der Waals surface area contributed by atoms with Crippen molar-refractivity contribution in [2.45, 2.75) is 64.2 Å². The summed E-state index contributed by atoms with van der Waals surface area (Å²) in [4.78, 5) is 84.2. The zero-order valence-electron chi connectivity index (χ0n) is 35.3. The fraction of sp³-hybridized carbons (Fsp3) is 0.292. The highest BCUT2D eigenvalue weighted by atomic mass is 35.5. The van der Waals surface area contributed by atoms with Gasteiger partial charge in [0.25, 0.3) is 11.8 Å². The average molecular weight is 908 g/mol. The molecular weight excluding hydrogens is 859 g/mol. The number of halogens is 2. The lowest BCUT2D eigenvalue weighted by Crippen LogP contribution is -2.45. The van der Waals surface area contributed by atoms with E-state index in [4.69, 9.17) is 32.7 Å². The lowest BCUT2D eigenvalue weighted by molar-refractivity contribution is -0.127. The van der Waals surface area contributed by atoms with Crippen LogP contribution >= 0.6 is 23.2 Å². The highest BCUT2D eigenvalue weighted by Gasteiger charge is 2.40. The average Bonchev–Trinajstić information content (AvgIpc) is 3.32. The molecule has 0 bridgehead atoms. The van der Waals surface area contributed by atoms with Gasteiger partial charge in [-0.05, 0) is 62.1 Å². The summed E-state index contributed by atoms with van der Waals surface area (Å²) in [5, 5.41) is 17.2. The van der Waals surface area contributed by atoms with Crippen molar-refractivity contribution in [2.24, 2.45) is 11.8 Å². The van der Waals surface area contributed by atoms with Crippen LogP contribution in [0.2, 0.25) is 10.0 Å².